The van der Waals surface area contributed by atoms with E-state index in [1.165, 1.54) is 31.3 Å². The second-order valence-electron chi connectivity index (χ2n) is 18.4. The van der Waals surface area contributed by atoms with Crippen molar-refractivity contribution in [3.05, 3.63) is 35.5 Å². The Labute approximate surface area is 292 Å². The molecule has 0 aromatic rings. The molecule has 13 atom stereocenters. The van der Waals surface area contributed by atoms with Gasteiger partial charge < -0.3 is 15.3 Å². The van der Waals surface area contributed by atoms with Crippen molar-refractivity contribution in [3.8, 4) is 0 Å². The van der Waals surface area contributed by atoms with E-state index in [-0.39, 0.29) is 39.8 Å². The van der Waals surface area contributed by atoms with Gasteiger partial charge in [-0.1, -0.05) is 44.9 Å². The molecule has 0 saturated heterocycles. The summed E-state index contributed by atoms with van der Waals surface area (Å²) in [6.45, 7) is 9.99. The molecule has 8 aliphatic carbocycles. The van der Waals surface area contributed by atoms with Crippen LogP contribution in [0.15, 0.2) is 35.5 Å². The van der Waals surface area contributed by atoms with Crippen LogP contribution in [0.3, 0.4) is 0 Å². The Morgan fingerprint density at radius 2 is 1.51 bits per heavy atom. The van der Waals surface area contributed by atoms with Crippen LogP contribution in [0.1, 0.15) is 118 Å². The van der Waals surface area contributed by atoms with Crippen LogP contribution in [0.25, 0.3) is 0 Å². The number of Topliss-reactive ketones (excluding diaryl/α,β-unsaturated/α-hetero) is 2. The van der Waals surface area contributed by atoms with Crippen molar-refractivity contribution in [3.63, 3.8) is 0 Å². The van der Waals surface area contributed by atoms with Gasteiger partial charge in [-0.05, 0) is 143 Å². The standard InChI is InChI=1S/C21H28O5.C21H30O2/c1-19-7-5-13(23)9-12(19)3-4-14-15-6-8-21(26,17(25)11-22)20(15,2)10-16(24)18(14)19;1-13(22)17-6-7-18-16-5-4-14-12-15(23)8-10-20(14,2)19(16)9-11-21(17,18)3/h5,7,9,14-16,18,22,24,26H,3-4,6,8,10-11H2,1-2H3;12,16-19H,4-11H2,1-3H3/t14-,15-,16-,18+,19-,20-,21-;16-,17+,18-,19-,20-,21+/m00/s1. The van der Waals surface area contributed by atoms with E-state index in [4.69, 9.17) is 0 Å². The van der Waals surface area contributed by atoms with Gasteiger partial charge in [0.05, 0.1) is 6.10 Å². The van der Waals surface area contributed by atoms with Crippen LogP contribution in [-0.4, -0.2) is 56.8 Å². The van der Waals surface area contributed by atoms with E-state index in [9.17, 15) is 34.5 Å². The first-order chi connectivity index (χ1) is 23.0. The summed E-state index contributed by atoms with van der Waals surface area (Å²) in [5, 5.41) is 31.7. The van der Waals surface area contributed by atoms with Crippen molar-refractivity contribution >= 4 is 23.1 Å². The highest BCUT2D eigenvalue weighted by Crippen LogP contribution is 2.68. The smallest absolute Gasteiger partial charge is 0.190 e. The predicted octanol–water partition coefficient (Wildman–Crippen LogP) is 6.28. The third-order valence-corrected chi connectivity index (χ3v) is 16.7. The van der Waals surface area contributed by atoms with E-state index in [0.29, 0.717) is 30.3 Å². The van der Waals surface area contributed by atoms with E-state index in [2.05, 4.69) is 20.8 Å². The van der Waals surface area contributed by atoms with E-state index < -0.39 is 29.5 Å². The molecule has 0 aromatic carbocycles. The van der Waals surface area contributed by atoms with E-state index >= 15 is 0 Å². The number of aliphatic hydroxyl groups excluding tert-OH is 2. The molecule has 0 heterocycles. The highest BCUT2D eigenvalue weighted by atomic mass is 16.3. The molecule has 8 aliphatic rings. The Hall–Kier alpha value is -2.22. The molecule has 3 N–H and O–H groups in total. The fraction of sp³-hybridized carbons (Fsp3) is 0.762. The van der Waals surface area contributed by atoms with Crippen molar-refractivity contribution in [1.82, 2.24) is 0 Å². The second kappa shape index (κ2) is 11.9. The quantitative estimate of drug-likeness (QED) is 0.321. The van der Waals surface area contributed by atoms with E-state index in [1.54, 1.807) is 19.1 Å². The Kier molecular flexibility index (Phi) is 8.56. The van der Waals surface area contributed by atoms with Gasteiger partial charge in [-0.15, -0.1) is 0 Å². The molecule has 6 fully saturated rings. The van der Waals surface area contributed by atoms with Crippen molar-refractivity contribution < 1.29 is 34.5 Å². The van der Waals surface area contributed by atoms with Crippen LogP contribution < -0.4 is 0 Å². The summed E-state index contributed by atoms with van der Waals surface area (Å²) >= 11 is 0. The summed E-state index contributed by atoms with van der Waals surface area (Å²) in [4.78, 5) is 48.2. The summed E-state index contributed by atoms with van der Waals surface area (Å²) < 4.78 is 0. The van der Waals surface area contributed by atoms with Crippen LogP contribution in [0.4, 0.5) is 0 Å². The SMILES string of the molecule is CC(=O)[C@H]1CC[C@H]2[C@@H]3CCC4=CC(=O)CC[C@]4(C)[C@H]3CC[C@]12C.C[C@]12C=CC(=O)C=C1CC[C@@H]1[C@@H]2[C@@H](O)C[C@@]2(C)[C@H]1CC[C@]2(O)C(=O)CO. The van der Waals surface area contributed by atoms with Crippen LogP contribution in [0.5, 0.6) is 0 Å². The second-order valence-corrected chi connectivity index (χ2v) is 18.4. The molecule has 0 radical (unpaired) electrons. The number of carbonyl (C=O) groups excluding carboxylic acids is 4. The Bertz CT molecular complexity index is 1540. The number of allylic oxidation sites excluding steroid dienone is 5. The molecular formula is C42H58O7. The molecule has 0 aromatic heterocycles. The van der Waals surface area contributed by atoms with Gasteiger partial charge in [-0.25, -0.2) is 0 Å². The number of fused-ring (bicyclic) bond motifs is 10. The Morgan fingerprint density at radius 3 is 2.22 bits per heavy atom. The maximum Gasteiger partial charge on any atom is 0.190 e. The molecule has 49 heavy (non-hydrogen) atoms. The zero-order chi connectivity index (χ0) is 35.3. The monoisotopic (exact) mass is 674 g/mol. The molecule has 0 spiro atoms. The number of ketones is 4. The topological polar surface area (TPSA) is 129 Å². The summed E-state index contributed by atoms with van der Waals surface area (Å²) in [6, 6.07) is 0. The van der Waals surface area contributed by atoms with Crippen LogP contribution in [-0.2, 0) is 19.2 Å². The van der Waals surface area contributed by atoms with Gasteiger partial charge in [0.1, 0.15) is 18.0 Å². The van der Waals surface area contributed by atoms with Crippen molar-refractivity contribution in [2.75, 3.05) is 6.61 Å². The van der Waals surface area contributed by atoms with Gasteiger partial charge in [-0.2, -0.15) is 0 Å². The normalized spacial score (nSPS) is 49.5. The van der Waals surface area contributed by atoms with Gasteiger partial charge in [0.15, 0.2) is 17.3 Å². The minimum absolute atomic E-state index is 0.00912. The highest BCUT2D eigenvalue weighted by molar-refractivity contribution is 6.01. The number of aliphatic hydroxyl groups is 3. The molecule has 7 nitrogen and oxygen atoms in total. The third-order valence-electron chi connectivity index (χ3n) is 16.7. The van der Waals surface area contributed by atoms with Crippen LogP contribution >= 0.6 is 0 Å². The van der Waals surface area contributed by atoms with Crippen molar-refractivity contribution in [2.24, 2.45) is 63.1 Å². The number of hydrogen-bond donors (Lipinski definition) is 3. The lowest BCUT2D eigenvalue weighted by Gasteiger charge is -2.59. The Morgan fingerprint density at radius 1 is 0.816 bits per heavy atom. The first-order valence-electron chi connectivity index (χ1n) is 19.3. The fourth-order valence-electron chi connectivity index (χ4n) is 14.1. The highest BCUT2D eigenvalue weighted by Gasteiger charge is 2.68. The lowest BCUT2D eigenvalue weighted by atomic mass is 9.46. The van der Waals surface area contributed by atoms with Gasteiger partial charge in [0.25, 0.3) is 0 Å². The lowest BCUT2D eigenvalue weighted by Crippen LogP contribution is -2.61. The molecule has 6 saturated carbocycles. The lowest BCUT2D eigenvalue weighted by molar-refractivity contribution is -0.178. The average Bonchev–Trinajstić information content (AvgIpc) is 3.55. The molecule has 0 amide bonds. The molecule has 8 rings (SSSR count). The van der Waals surface area contributed by atoms with Crippen molar-refractivity contribution in [1.29, 1.82) is 0 Å². The summed E-state index contributed by atoms with van der Waals surface area (Å²) in [5.74, 6) is 3.06. The minimum Gasteiger partial charge on any atom is -0.393 e. The Balaban J connectivity index is 0.000000155. The van der Waals surface area contributed by atoms with E-state index in [1.807, 2.05) is 19.1 Å². The molecule has 0 unspecified atom stereocenters. The van der Waals surface area contributed by atoms with Gasteiger partial charge in [0.2, 0.25) is 0 Å². The zero-order valence-electron chi connectivity index (χ0n) is 30.3. The summed E-state index contributed by atoms with van der Waals surface area (Å²) in [5.41, 5.74) is 0.404. The van der Waals surface area contributed by atoms with Crippen LogP contribution in [0.2, 0.25) is 0 Å². The van der Waals surface area contributed by atoms with E-state index in [0.717, 1.165) is 68.3 Å². The molecule has 7 heteroatoms. The average molecular weight is 675 g/mol. The van der Waals surface area contributed by atoms with Gasteiger partial charge in [0, 0.05) is 29.1 Å². The maximum atomic E-state index is 12.4. The minimum atomic E-state index is -1.56. The summed E-state index contributed by atoms with van der Waals surface area (Å²) in [7, 11) is 0. The fourth-order valence-corrected chi connectivity index (χ4v) is 14.1. The van der Waals surface area contributed by atoms with Gasteiger partial charge >= 0.3 is 0 Å². The number of hydrogen-bond acceptors (Lipinski definition) is 7. The number of carbonyl (C=O) groups is 4. The first kappa shape index (κ1) is 35.2. The van der Waals surface area contributed by atoms with Gasteiger partial charge in [-0.3, -0.25) is 19.2 Å². The largest absolute Gasteiger partial charge is 0.393 e. The van der Waals surface area contributed by atoms with Crippen LogP contribution in [0, 0.1) is 63.1 Å². The molecule has 0 aliphatic heterocycles. The predicted molar refractivity (Wildman–Crippen MR) is 186 cm³/mol. The maximum absolute atomic E-state index is 12.4. The first-order valence-corrected chi connectivity index (χ1v) is 19.3. The molecule has 268 valence electrons. The molecule has 0 bridgehead atoms. The molecular weight excluding hydrogens is 616 g/mol. The summed E-state index contributed by atoms with van der Waals surface area (Å²) in [6.07, 6.45) is 18.6. The third kappa shape index (κ3) is 4.98. The number of rotatable bonds is 3. The van der Waals surface area contributed by atoms with Crippen molar-refractivity contribution in [2.45, 2.75) is 130 Å². The zero-order valence-corrected chi connectivity index (χ0v) is 30.3.